The van der Waals surface area contributed by atoms with Crippen molar-refractivity contribution in [1.29, 1.82) is 0 Å². The molecule has 31 heavy (non-hydrogen) atoms. The van der Waals surface area contributed by atoms with E-state index in [4.69, 9.17) is 18.1 Å². The van der Waals surface area contributed by atoms with Gasteiger partial charge in [-0.05, 0) is 76.7 Å². The highest BCUT2D eigenvalue weighted by Gasteiger charge is 2.40. The Balaban J connectivity index is 1.06. The summed E-state index contributed by atoms with van der Waals surface area (Å²) in [6.45, 7) is 5.73. The topological polar surface area (TPSA) is 130 Å². The zero-order valence-corrected chi connectivity index (χ0v) is 19.6. The molecule has 0 spiro atoms. The lowest BCUT2D eigenvalue weighted by Gasteiger charge is -2.44. The molecule has 0 aliphatic carbocycles. The average molecular weight is 483 g/mol. The van der Waals surface area contributed by atoms with Gasteiger partial charge in [0.05, 0.1) is 18.8 Å². The second-order valence-electron chi connectivity index (χ2n) is 8.96. The normalized spacial score (nSPS) is 38.6. The first-order valence-corrected chi connectivity index (χ1v) is 14.3. The van der Waals surface area contributed by atoms with Gasteiger partial charge in [0.25, 0.3) is 0 Å². The van der Waals surface area contributed by atoms with Crippen LogP contribution >= 0.6 is 15.6 Å². The van der Waals surface area contributed by atoms with E-state index in [1.54, 1.807) is 0 Å². The summed E-state index contributed by atoms with van der Waals surface area (Å²) in [6, 6.07) is 0. The molecule has 0 amide bonds. The Morgan fingerprint density at radius 2 is 1.29 bits per heavy atom. The number of hydrogen-bond donors (Lipinski definition) is 3. The minimum Gasteiger partial charge on any atom is -0.302 e. The van der Waals surface area contributed by atoms with E-state index in [1.165, 1.54) is 0 Å². The summed E-state index contributed by atoms with van der Waals surface area (Å²) >= 11 is 0. The summed E-state index contributed by atoms with van der Waals surface area (Å²) in [5, 5.41) is 2.86. The van der Waals surface area contributed by atoms with Crippen molar-refractivity contribution in [3.8, 4) is 0 Å². The minimum absolute atomic E-state index is 0.0365. The molecule has 180 valence electrons. The Bertz CT molecular complexity index is 629. The third kappa shape index (κ3) is 7.04. The first kappa shape index (κ1) is 24.2. The van der Waals surface area contributed by atoms with Crippen LogP contribution in [-0.2, 0) is 27.2 Å². The second kappa shape index (κ2) is 10.6. The Morgan fingerprint density at radius 1 is 0.806 bits per heavy atom. The molecule has 4 bridgehead atoms. The van der Waals surface area contributed by atoms with Crippen molar-refractivity contribution in [2.45, 2.75) is 44.3 Å². The molecule has 3 N–H and O–H groups in total. The van der Waals surface area contributed by atoms with Crippen molar-refractivity contribution in [1.82, 2.24) is 15.1 Å². The number of fused-ring (bicyclic) bond motifs is 6. The maximum Gasteiger partial charge on any atom is 0.473 e. The molecule has 0 aromatic rings. The average Bonchev–Trinajstić information content (AvgIpc) is 2.74. The van der Waals surface area contributed by atoms with Gasteiger partial charge in [-0.2, -0.15) is 0 Å². The van der Waals surface area contributed by atoms with E-state index < -0.39 is 15.6 Å². The van der Waals surface area contributed by atoms with Gasteiger partial charge in [0, 0.05) is 13.1 Å². The summed E-state index contributed by atoms with van der Waals surface area (Å²) in [7, 11) is -8.22. The molecule has 6 fully saturated rings. The van der Waals surface area contributed by atoms with Crippen molar-refractivity contribution in [3.63, 3.8) is 0 Å². The molecule has 6 heterocycles. The first-order valence-electron chi connectivity index (χ1n) is 11.3. The van der Waals surface area contributed by atoms with Crippen LogP contribution in [0.3, 0.4) is 0 Å². The van der Waals surface area contributed by atoms with E-state index in [0.717, 1.165) is 51.9 Å². The van der Waals surface area contributed by atoms with E-state index in [1.807, 2.05) is 0 Å². The van der Waals surface area contributed by atoms with Gasteiger partial charge in [-0.1, -0.05) is 0 Å². The fraction of sp³-hybridized carbons (Fsp3) is 1.00. The fourth-order valence-electron chi connectivity index (χ4n) is 5.04. The van der Waals surface area contributed by atoms with Crippen molar-refractivity contribution >= 4 is 15.6 Å². The lowest BCUT2D eigenvalue weighted by molar-refractivity contribution is -0.0272. The van der Waals surface area contributed by atoms with Crippen molar-refractivity contribution in [3.05, 3.63) is 0 Å². The second-order valence-corrected chi connectivity index (χ2v) is 11.8. The van der Waals surface area contributed by atoms with Crippen LogP contribution in [0.25, 0.3) is 0 Å². The zero-order chi connectivity index (χ0) is 21.9. The standard InChI is InChI=1S/C18H35N3O8P2/c22-30(23,28-17-12-20-7-2-15(17)3-8-20)26-11-1-6-19-14-27-31(24,25)29-18-13-21-9-4-16(18)5-10-21/h15-19H,1-14H2,(H,22,23)(H,24,25). The van der Waals surface area contributed by atoms with E-state index in [0.29, 0.717) is 37.9 Å². The van der Waals surface area contributed by atoms with Crippen LogP contribution in [0.2, 0.25) is 0 Å². The molecule has 6 saturated heterocycles. The lowest BCUT2D eigenvalue weighted by atomic mass is 9.86. The summed E-state index contributed by atoms with van der Waals surface area (Å²) in [4.78, 5) is 24.4. The van der Waals surface area contributed by atoms with Crippen LogP contribution in [0.1, 0.15) is 32.1 Å². The number of phosphoric acid groups is 2. The molecule has 0 aromatic heterocycles. The largest absolute Gasteiger partial charge is 0.473 e. The molecule has 4 unspecified atom stereocenters. The molecule has 0 radical (unpaired) electrons. The Labute approximate surface area is 183 Å². The Kier molecular flexibility index (Phi) is 8.26. The third-order valence-electron chi connectivity index (χ3n) is 6.81. The monoisotopic (exact) mass is 483 g/mol. The van der Waals surface area contributed by atoms with Crippen LogP contribution in [0.15, 0.2) is 0 Å². The van der Waals surface area contributed by atoms with E-state index in [9.17, 15) is 18.9 Å². The van der Waals surface area contributed by atoms with Gasteiger partial charge in [-0.25, -0.2) is 9.13 Å². The predicted octanol–water partition coefficient (Wildman–Crippen LogP) is 1.38. The summed E-state index contributed by atoms with van der Waals surface area (Å²) < 4.78 is 45.2. The molecule has 13 heteroatoms. The zero-order valence-electron chi connectivity index (χ0n) is 17.8. The number of piperidine rings is 6. The maximum absolute atomic E-state index is 12.2. The number of nitrogens with zero attached hydrogens (tertiary/aromatic N) is 2. The molecule has 0 saturated carbocycles. The van der Waals surface area contributed by atoms with Crippen molar-refractivity contribution in [2.75, 3.05) is 59.2 Å². The van der Waals surface area contributed by atoms with Gasteiger partial charge < -0.3 is 19.6 Å². The quantitative estimate of drug-likeness (QED) is 0.211. The van der Waals surface area contributed by atoms with Gasteiger partial charge in [0.1, 0.15) is 6.73 Å². The van der Waals surface area contributed by atoms with Crippen LogP contribution in [0.5, 0.6) is 0 Å². The Hall–Kier alpha value is 0.1000. The van der Waals surface area contributed by atoms with E-state index in [2.05, 4.69) is 15.1 Å². The summed E-state index contributed by atoms with van der Waals surface area (Å²) in [5.41, 5.74) is 0. The van der Waals surface area contributed by atoms with Crippen LogP contribution < -0.4 is 5.32 Å². The number of phosphoric ester groups is 2. The Morgan fingerprint density at radius 3 is 1.74 bits per heavy atom. The molecule has 6 aliphatic rings. The summed E-state index contributed by atoms with van der Waals surface area (Å²) in [5.74, 6) is 0.641. The minimum atomic E-state index is -4.13. The molecule has 0 aromatic carbocycles. The van der Waals surface area contributed by atoms with Crippen LogP contribution in [0, 0.1) is 11.8 Å². The SMILES string of the molecule is O=P(O)(OCCCNCOP(=O)(O)OC1CN2CCC1CC2)OC1CN2CCC1CC2. The smallest absolute Gasteiger partial charge is 0.302 e. The number of rotatable bonds is 12. The van der Waals surface area contributed by atoms with Gasteiger partial charge in [-0.3, -0.25) is 23.4 Å². The van der Waals surface area contributed by atoms with Gasteiger partial charge in [-0.15, -0.1) is 0 Å². The molecule has 6 aliphatic heterocycles. The molecular weight excluding hydrogens is 448 g/mol. The highest BCUT2D eigenvalue weighted by atomic mass is 31.2. The van der Waals surface area contributed by atoms with Crippen molar-refractivity contribution < 1.29 is 37.0 Å². The molecule has 11 nitrogen and oxygen atoms in total. The summed E-state index contributed by atoms with van der Waals surface area (Å²) in [6.07, 6.45) is 3.87. The third-order valence-corrected chi connectivity index (χ3v) is 8.85. The highest BCUT2D eigenvalue weighted by molar-refractivity contribution is 7.47. The van der Waals surface area contributed by atoms with Crippen LogP contribution in [0.4, 0.5) is 0 Å². The predicted molar refractivity (Wildman–Crippen MR) is 112 cm³/mol. The highest BCUT2D eigenvalue weighted by Crippen LogP contribution is 2.48. The first-order chi connectivity index (χ1) is 14.8. The van der Waals surface area contributed by atoms with E-state index in [-0.39, 0.29) is 25.5 Å². The van der Waals surface area contributed by atoms with Crippen molar-refractivity contribution in [2.24, 2.45) is 11.8 Å². The van der Waals surface area contributed by atoms with Gasteiger partial charge in [0.15, 0.2) is 0 Å². The van der Waals surface area contributed by atoms with Gasteiger partial charge in [0.2, 0.25) is 0 Å². The number of nitrogens with one attached hydrogen (secondary N) is 1. The number of hydrogen-bond acceptors (Lipinski definition) is 9. The van der Waals surface area contributed by atoms with Gasteiger partial charge >= 0.3 is 15.6 Å². The molecular formula is C18H35N3O8P2. The fourth-order valence-corrected chi connectivity index (χ4v) is 6.94. The van der Waals surface area contributed by atoms with Crippen LogP contribution in [-0.4, -0.2) is 90.9 Å². The molecule has 6 rings (SSSR count). The molecule has 4 atom stereocenters. The lowest BCUT2D eigenvalue weighted by Crippen LogP contribution is -2.51. The maximum atomic E-state index is 12.2. The van der Waals surface area contributed by atoms with E-state index >= 15 is 0 Å².